The molecule has 0 spiro atoms. The van der Waals surface area contributed by atoms with Gasteiger partial charge >= 0.3 is 0 Å². The van der Waals surface area contributed by atoms with E-state index in [-0.39, 0.29) is 17.2 Å². The summed E-state index contributed by atoms with van der Waals surface area (Å²) in [5.74, 6) is 0.971. The van der Waals surface area contributed by atoms with E-state index >= 15 is 0 Å². The normalized spacial score (nSPS) is 16.8. The standard InChI is InChI=1S/C20H21ClN2O2S/c1-14-7-9-17(10-8-14)23-19(25)13-26-20(23)15-4-2-5-16(12-15)22-18(24)6-3-11-21/h2,4-5,7-10,12,20H,3,6,11,13H2,1H3,(H,22,24). The van der Waals surface area contributed by atoms with Crippen LogP contribution >= 0.6 is 23.4 Å². The van der Waals surface area contributed by atoms with Crippen molar-refractivity contribution >= 4 is 46.6 Å². The minimum atomic E-state index is -0.0927. The van der Waals surface area contributed by atoms with E-state index in [1.54, 1.807) is 11.8 Å². The summed E-state index contributed by atoms with van der Waals surface area (Å²) in [6, 6.07) is 15.7. The molecule has 1 unspecified atom stereocenters. The van der Waals surface area contributed by atoms with Crippen molar-refractivity contribution in [2.75, 3.05) is 21.8 Å². The molecule has 0 aliphatic carbocycles. The van der Waals surface area contributed by atoms with Gasteiger partial charge in [0.15, 0.2) is 0 Å². The van der Waals surface area contributed by atoms with Crippen LogP contribution in [0.2, 0.25) is 0 Å². The second-order valence-corrected chi connectivity index (χ2v) is 7.68. The Labute approximate surface area is 162 Å². The Morgan fingerprint density at radius 3 is 2.77 bits per heavy atom. The van der Waals surface area contributed by atoms with Crippen molar-refractivity contribution in [1.82, 2.24) is 0 Å². The molecule has 6 heteroatoms. The molecule has 1 fully saturated rings. The molecule has 26 heavy (non-hydrogen) atoms. The van der Waals surface area contributed by atoms with Gasteiger partial charge in [0.25, 0.3) is 0 Å². The zero-order valence-electron chi connectivity index (χ0n) is 14.6. The number of amides is 2. The summed E-state index contributed by atoms with van der Waals surface area (Å²) in [7, 11) is 0. The van der Waals surface area contributed by atoms with E-state index in [2.05, 4.69) is 5.32 Å². The third-order valence-corrected chi connectivity index (χ3v) is 5.65. The van der Waals surface area contributed by atoms with Crippen LogP contribution in [0.1, 0.15) is 29.3 Å². The van der Waals surface area contributed by atoms with Gasteiger partial charge in [-0.3, -0.25) is 14.5 Å². The van der Waals surface area contributed by atoms with Crippen molar-refractivity contribution in [2.45, 2.75) is 25.1 Å². The van der Waals surface area contributed by atoms with Gasteiger partial charge in [-0.1, -0.05) is 29.8 Å². The molecule has 4 nitrogen and oxygen atoms in total. The maximum Gasteiger partial charge on any atom is 0.238 e. The first kappa shape index (κ1) is 18.8. The van der Waals surface area contributed by atoms with Gasteiger partial charge in [0.05, 0.1) is 5.75 Å². The number of alkyl halides is 1. The first-order chi connectivity index (χ1) is 12.6. The van der Waals surface area contributed by atoms with Crippen LogP contribution in [-0.4, -0.2) is 23.4 Å². The number of carbonyl (C=O) groups excluding carboxylic acids is 2. The number of halogens is 1. The van der Waals surface area contributed by atoms with Crippen molar-refractivity contribution in [3.05, 3.63) is 59.7 Å². The number of benzene rings is 2. The fourth-order valence-electron chi connectivity index (χ4n) is 2.88. The van der Waals surface area contributed by atoms with E-state index < -0.39 is 0 Å². The maximum absolute atomic E-state index is 12.4. The van der Waals surface area contributed by atoms with Crippen LogP contribution in [0.4, 0.5) is 11.4 Å². The van der Waals surface area contributed by atoms with Gasteiger partial charge in [0, 0.05) is 23.7 Å². The molecule has 1 heterocycles. The lowest BCUT2D eigenvalue weighted by atomic mass is 10.1. The van der Waals surface area contributed by atoms with Crippen molar-refractivity contribution in [1.29, 1.82) is 0 Å². The smallest absolute Gasteiger partial charge is 0.238 e. The lowest BCUT2D eigenvalue weighted by molar-refractivity contribution is -0.116. The molecule has 136 valence electrons. The highest BCUT2D eigenvalue weighted by molar-refractivity contribution is 8.00. The number of carbonyl (C=O) groups is 2. The second kappa shape index (κ2) is 8.60. The molecule has 3 rings (SSSR count). The average molecular weight is 389 g/mol. The summed E-state index contributed by atoms with van der Waals surface area (Å²) in [4.78, 5) is 26.2. The summed E-state index contributed by atoms with van der Waals surface area (Å²) in [6.07, 6.45) is 1.06. The van der Waals surface area contributed by atoms with E-state index in [0.29, 0.717) is 24.5 Å². The molecular weight excluding hydrogens is 368 g/mol. The molecule has 1 aliphatic rings. The summed E-state index contributed by atoms with van der Waals surface area (Å²) >= 11 is 7.24. The largest absolute Gasteiger partial charge is 0.326 e. The van der Waals surface area contributed by atoms with E-state index in [4.69, 9.17) is 11.6 Å². The lowest BCUT2D eigenvalue weighted by Gasteiger charge is -2.25. The summed E-state index contributed by atoms with van der Waals surface area (Å²) < 4.78 is 0. The fourth-order valence-corrected chi connectivity index (χ4v) is 4.18. The molecule has 1 aliphatic heterocycles. The van der Waals surface area contributed by atoms with Gasteiger partial charge in [-0.05, 0) is 43.2 Å². The Kier molecular flexibility index (Phi) is 6.22. The minimum Gasteiger partial charge on any atom is -0.326 e. The topological polar surface area (TPSA) is 49.4 Å². The van der Waals surface area contributed by atoms with Gasteiger partial charge in [0.1, 0.15) is 5.37 Å². The molecule has 0 saturated carbocycles. The number of thioether (sulfide) groups is 1. The molecule has 2 amide bonds. The number of nitrogens with zero attached hydrogens (tertiary/aromatic N) is 1. The zero-order valence-corrected chi connectivity index (χ0v) is 16.1. The van der Waals surface area contributed by atoms with Crippen LogP contribution < -0.4 is 10.2 Å². The SMILES string of the molecule is Cc1ccc(N2C(=O)CSC2c2cccc(NC(=O)CCCCl)c2)cc1. The first-order valence-corrected chi connectivity index (χ1v) is 10.1. The summed E-state index contributed by atoms with van der Waals surface area (Å²) in [6.45, 7) is 2.03. The fraction of sp³-hybridized carbons (Fsp3) is 0.300. The Hall–Kier alpha value is -1.98. The Morgan fingerprint density at radius 1 is 1.27 bits per heavy atom. The van der Waals surface area contributed by atoms with Crippen molar-refractivity contribution in [2.24, 2.45) is 0 Å². The van der Waals surface area contributed by atoms with E-state index in [1.165, 1.54) is 0 Å². The summed E-state index contributed by atoms with van der Waals surface area (Å²) in [5.41, 5.74) is 3.79. The third-order valence-electron chi connectivity index (χ3n) is 4.17. The number of nitrogens with one attached hydrogen (secondary N) is 1. The quantitative estimate of drug-likeness (QED) is 0.727. The number of hydrogen-bond donors (Lipinski definition) is 1. The Morgan fingerprint density at radius 2 is 2.04 bits per heavy atom. The molecule has 0 aromatic heterocycles. The van der Waals surface area contributed by atoms with Crippen LogP contribution in [0.15, 0.2) is 48.5 Å². The Bertz CT molecular complexity index is 795. The summed E-state index contributed by atoms with van der Waals surface area (Å²) in [5, 5.41) is 2.81. The van der Waals surface area contributed by atoms with Crippen LogP contribution in [0, 0.1) is 6.92 Å². The molecule has 0 radical (unpaired) electrons. The minimum absolute atomic E-state index is 0.0478. The van der Waals surface area contributed by atoms with Gasteiger partial charge in [-0.15, -0.1) is 23.4 Å². The van der Waals surface area contributed by atoms with E-state index in [0.717, 1.165) is 22.5 Å². The van der Waals surface area contributed by atoms with Crippen molar-refractivity contribution in [3.8, 4) is 0 Å². The van der Waals surface area contributed by atoms with E-state index in [9.17, 15) is 9.59 Å². The van der Waals surface area contributed by atoms with Gasteiger partial charge < -0.3 is 5.32 Å². The third kappa shape index (κ3) is 4.40. The highest BCUT2D eigenvalue weighted by atomic mass is 35.5. The Balaban J connectivity index is 1.81. The number of rotatable bonds is 6. The molecule has 1 saturated heterocycles. The molecule has 1 N–H and O–H groups in total. The van der Waals surface area contributed by atoms with Gasteiger partial charge in [0.2, 0.25) is 11.8 Å². The molecule has 2 aromatic rings. The number of aryl methyl sites for hydroxylation is 1. The molecule has 0 bridgehead atoms. The van der Waals surface area contributed by atoms with E-state index in [1.807, 2.05) is 60.4 Å². The van der Waals surface area contributed by atoms with Crippen LogP contribution in [0.5, 0.6) is 0 Å². The number of anilines is 2. The predicted molar refractivity (Wildman–Crippen MR) is 109 cm³/mol. The monoisotopic (exact) mass is 388 g/mol. The van der Waals surface area contributed by atoms with Crippen LogP contribution in [0.25, 0.3) is 0 Å². The predicted octanol–water partition coefficient (Wildman–Crippen LogP) is 4.73. The molecular formula is C20H21ClN2O2S. The number of hydrogen-bond acceptors (Lipinski definition) is 3. The van der Waals surface area contributed by atoms with Gasteiger partial charge in [-0.25, -0.2) is 0 Å². The van der Waals surface area contributed by atoms with Crippen LogP contribution in [0.3, 0.4) is 0 Å². The maximum atomic E-state index is 12.4. The molecule has 2 aromatic carbocycles. The highest BCUT2D eigenvalue weighted by Crippen LogP contribution is 2.42. The average Bonchev–Trinajstić information content (AvgIpc) is 3.02. The molecule has 1 atom stereocenters. The zero-order chi connectivity index (χ0) is 18.5. The highest BCUT2D eigenvalue weighted by Gasteiger charge is 2.34. The van der Waals surface area contributed by atoms with Crippen molar-refractivity contribution in [3.63, 3.8) is 0 Å². The first-order valence-electron chi connectivity index (χ1n) is 8.54. The van der Waals surface area contributed by atoms with Crippen LogP contribution in [-0.2, 0) is 9.59 Å². The lowest BCUT2D eigenvalue weighted by Crippen LogP contribution is -2.27. The van der Waals surface area contributed by atoms with Gasteiger partial charge in [-0.2, -0.15) is 0 Å². The second-order valence-electron chi connectivity index (χ2n) is 6.23. The van der Waals surface area contributed by atoms with Crippen molar-refractivity contribution < 1.29 is 9.59 Å².